The second-order valence-electron chi connectivity index (χ2n) is 7.17. The van der Waals surface area contributed by atoms with E-state index in [2.05, 4.69) is 10.6 Å². The van der Waals surface area contributed by atoms with Crippen molar-refractivity contribution in [1.29, 1.82) is 0 Å². The maximum atomic E-state index is 12.3. The van der Waals surface area contributed by atoms with Gasteiger partial charge in [0.05, 0.1) is 18.0 Å². The van der Waals surface area contributed by atoms with Crippen LogP contribution in [-0.2, 0) is 21.4 Å². The summed E-state index contributed by atoms with van der Waals surface area (Å²) in [6.45, 7) is 2.08. The minimum atomic E-state index is -3.55. The third-order valence-electron chi connectivity index (χ3n) is 4.68. The second kappa shape index (κ2) is 9.55. The molecule has 0 saturated heterocycles. The van der Waals surface area contributed by atoms with E-state index in [4.69, 9.17) is 16.0 Å². The van der Waals surface area contributed by atoms with Gasteiger partial charge in [0.1, 0.15) is 11.5 Å². The highest BCUT2D eigenvalue weighted by molar-refractivity contribution is 7.89. The predicted octanol–water partition coefficient (Wildman–Crippen LogP) is 3.89. The third kappa shape index (κ3) is 5.66. The zero-order valence-corrected chi connectivity index (χ0v) is 19.0. The molecule has 0 spiro atoms. The zero-order chi connectivity index (χ0) is 22.6. The largest absolute Gasteiger partial charge is 0.459 e. The first-order valence-corrected chi connectivity index (χ1v) is 11.4. The van der Waals surface area contributed by atoms with Crippen LogP contribution in [-0.4, -0.2) is 39.3 Å². The van der Waals surface area contributed by atoms with Crippen LogP contribution in [0.15, 0.2) is 63.9 Å². The van der Waals surface area contributed by atoms with Gasteiger partial charge in [-0.25, -0.2) is 12.7 Å². The van der Waals surface area contributed by atoms with Gasteiger partial charge in [0.25, 0.3) is 0 Å². The van der Waals surface area contributed by atoms with Crippen molar-refractivity contribution in [3.63, 3.8) is 0 Å². The number of nitrogens with zero attached hydrogens (tertiary/aromatic N) is 1. The van der Waals surface area contributed by atoms with Crippen LogP contribution in [0.25, 0.3) is 11.3 Å². The minimum Gasteiger partial charge on any atom is -0.459 e. The molecule has 0 bridgehead atoms. The van der Waals surface area contributed by atoms with Crippen LogP contribution in [0.1, 0.15) is 11.3 Å². The Morgan fingerprint density at radius 1 is 1.06 bits per heavy atom. The van der Waals surface area contributed by atoms with E-state index in [0.29, 0.717) is 22.2 Å². The molecular formula is C22H24ClN3O4S. The number of anilines is 1. The molecule has 3 rings (SSSR count). The summed E-state index contributed by atoms with van der Waals surface area (Å²) >= 11 is 5.90. The van der Waals surface area contributed by atoms with Gasteiger partial charge >= 0.3 is 0 Å². The fourth-order valence-corrected chi connectivity index (χ4v) is 3.88. The average molecular weight is 462 g/mol. The molecule has 0 unspecified atom stereocenters. The van der Waals surface area contributed by atoms with Gasteiger partial charge in [-0.3, -0.25) is 4.79 Å². The Labute approximate surface area is 187 Å². The molecule has 0 fully saturated rings. The van der Waals surface area contributed by atoms with Crippen LogP contribution in [0.4, 0.5) is 5.69 Å². The van der Waals surface area contributed by atoms with Crippen LogP contribution in [0, 0.1) is 6.92 Å². The number of furan rings is 1. The maximum Gasteiger partial charge on any atom is 0.242 e. The van der Waals surface area contributed by atoms with Crippen LogP contribution in [0.5, 0.6) is 0 Å². The number of amides is 1. The summed E-state index contributed by atoms with van der Waals surface area (Å²) < 4.78 is 31.5. The fraction of sp³-hybridized carbons (Fsp3) is 0.227. The van der Waals surface area contributed by atoms with E-state index in [1.807, 2.05) is 25.1 Å². The topological polar surface area (TPSA) is 91.7 Å². The lowest BCUT2D eigenvalue weighted by Gasteiger charge is -2.15. The van der Waals surface area contributed by atoms with Gasteiger partial charge in [-0.05, 0) is 61.0 Å². The molecule has 9 heteroatoms. The van der Waals surface area contributed by atoms with E-state index in [0.717, 1.165) is 15.4 Å². The highest BCUT2D eigenvalue weighted by Gasteiger charge is 2.18. The van der Waals surface area contributed by atoms with Crippen molar-refractivity contribution in [3.05, 3.63) is 70.9 Å². The first kappa shape index (κ1) is 22.9. The predicted molar refractivity (Wildman–Crippen MR) is 122 cm³/mol. The molecule has 0 saturated carbocycles. The van der Waals surface area contributed by atoms with Crippen molar-refractivity contribution in [2.24, 2.45) is 0 Å². The number of sulfonamides is 1. The van der Waals surface area contributed by atoms with Gasteiger partial charge in [0.15, 0.2) is 0 Å². The zero-order valence-electron chi connectivity index (χ0n) is 17.5. The lowest BCUT2D eigenvalue weighted by molar-refractivity contribution is -0.119. The standard InChI is InChI=1S/C22H24ClN3O4S/c1-15-4-10-19(31(28,29)26(2)3)12-20(15)24-14-22(27)25-13-18-9-11-21(30-18)16-5-7-17(23)8-6-16/h4-12,24H,13-14H2,1-3H3,(H,25,27). The molecule has 0 aliphatic carbocycles. The molecule has 3 aromatic rings. The number of aryl methyl sites for hydroxylation is 1. The van der Waals surface area contributed by atoms with Gasteiger partial charge in [-0.1, -0.05) is 17.7 Å². The van der Waals surface area contributed by atoms with Crippen molar-refractivity contribution in [2.45, 2.75) is 18.4 Å². The van der Waals surface area contributed by atoms with Gasteiger partial charge < -0.3 is 15.1 Å². The molecule has 0 aliphatic heterocycles. The minimum absolute atomic E-state index is 0.00292. The van der Waals surface area contributed by atoms with Gasteiger partial charge in [0.2, 0.25) is 15.9 Å². The fourth-order valence-electron chi connectivity index (χ4n) is 2.83. The highest BCUT2D eigenvalue weighted by atomic mass is 35.5. The molecule has 31 heavy (non-hydrogen) atoms. The number of halogens is 1. The number of benzene rings is 2. The van der Waals surface area contributed by atoms with E-state index in [1.165, 1.54) is 20.2 Å². The summed E-state index contributed by atoms with van der Waals surface area (Å²) in [6, 6.07) is 15.7. The van der Waals surface area contributed by atoms with Crippen molar-refractivity contribution >= 4 is 33.2 Å². The molecule has 0 radical (unpaired) electrons. The molecule has 2 aromatic carbocycles. The summed E-state index contributed by atoms with van der Waals surface area (Å²) in [5.41, 5.74) is 2.32. The van der Waals surface area contributed by atoms with Crippen LogP contribution >= 0.6 is 11.6 Å². The number of hydrogen-bond donors (Lipinski definition) is 2. The van der Waals surface area contributed by atoms with Gasteiger partial charge in [0, 0.05) is 30.4 Å². The SMILES string of the molecule is Cc1ccc(S(=O)(=O)N(C)C)cc1NCC(=O)NCc1ccc(-c2ccc(Cl)cc2)o1. The Morgan fingerprint density at radius 3 is 2.45 bits per heavy atom. The normalized spacial score (nSPS) is 11.5. The van der Waals surface area contributed by atoms with Crippen molar-refractivity contribution in [2.75, 3.05) is 26.0 Å². The number of hydrogen-bond acceptors (Lipinski definition) is 5. The van der Waals surface area contributed by atoms with Crippen LogP contribution < -0.4 is 10.6 Å². The lowest BCUT2D eigenvalue weighted by Crippen LogP contribution is -2.29. The molecule has 164 valence electrons. The average Bonchev–Trinajstić information content (AvgIpc) is 3.21. The second-order valence-corrected chi connectivity index (χ2v) is 9.76. The molecule has 2 N–H and O–H groups in total. The molecule has 1 aromatic heterocycles. The molecule has 0 atom stereocenters. The quantitative estimate of drug-likeness (QED) is 0.531. The van der Waals surface area contributed by atoms with Gasteiger partial charge in [-0.2, -0.15) is 0 Å². The van der Waals surface area contributed by atoms with Crippen LogP contribution in [0.3, 0.4) is 0 Å². The molecule has 7 nitrogen and oxygen atoms in total. The van der Waals surface area contributed by atoms with Crippen molar-refractivity contribution in [3.8, 4) is 11.3 Å². The maximum absolute atomic E-state index is 12.3. The number of rotatable bonds is 8. The van der Waals surface area contributed by atoms with Crippen LogP contribution in [0.2, 0.25) is 5.02 Å². The summed E-state index contributed by atoms with van der Waals surface area (Å²) in [6.07, 6.45) is 0. The van der Waals surface area contributed by atoms with Crippen molar-refractivity contribution in [1.82, 2.24) is 9.62 Å². The summed E-state index contributed by atoms with van der Waals surface area (Å²) in [4.78, 5) is 12.4. The van der Waals surface area contributed by atoms with Crippen molar-refractivity contribution < 1.29 is 17.6 Å². The summed E-state index contributed by atoms with van der Waals surface area (Å²) in [5, 5.41) is 6.43. The first-order chi connectivity index (χ1) is 14.7. The molecule has 0 aliphatic rings. The molecule has 1 amide bonds. The van der Waals surface area contributed by atoms with E-state index < -0.39 is 10.0 Å². The number of carbonyl (C=O) groups is 1. The Balaban J connectivity index is 1.57. The smallest absolute Gasteiger partial charge is 0.242 e. The summed E-state index contributed by atoms with van der Waals surface area (Å²) in [7, 11) is -0.601. The lowest BCUT2D eigenvalue weighted by atomic mass is 10.2. The highest BCUT2D eigenvalue weighted by Crippen LogP contribution is 2.24. The Kier molecular flexibility index (Phi) is 7.04. The third-order valence-corrected chi connectivity index (χ3v) is 6.74. The van der Waals surface area contributed by atoms with E-state index in [1.54, 1.807) is 30.3 Å². The van der Waals surface area contributed by atoms with E-state index in [9.17, 15) is 13.2 Å². The van der Waals surface area contributed by atoms with Gasteiger partial charge in [-0.15, -0.1) is 0 Å². The Bertz CT molecular complexity index is 1170. The number of carbonyl (C=O) groups excluding carboxylic acids is 1. The molecule has 1 heterocycles. The Morgan fingerprint density at radius 2 is 1.77 bits per heavy atom. The monoisotopic (exact) mass is 461 g/mol. The number of nitrogens with one attached hydrogen (secondary N) is 2. The first-order valence-electron chi connectivity index (χ1n) is 9.55. The van der Waals surface area contributed by atoms with E-state index >= 15 is 0 Å². The van der Waals surface area contributed by atoms with E-state index in [-0.39, 0.29) is 23.9 Å². The Hall–Kier alpha value is -2.81. The summed E-state index contributed by atoms with van der Waals surface area (Å²) in [5.74, 6) is 1.06. The molecular weight excluding hydrogens is 438 g/mol.